The lowest BCUT2D eigenvalue weighted by Gasteiger charge is -2.38. The van der Waals surface area contributed by atoms with E-state index < -0.39 is 10.0 Å². The largest absolute Gasteiger partial charge is 0.393 e. The number of nitrogens with two attached hydrogens (primary N) is 1. The number of sulfonamides is 1. The Labute approximate surface area is 103 Å². The Morgan fingerprint density at radius 1 is 1.38 bits per heavy atom. The van der Waals surface area contributed by atoms with Crippen LogP contribution in [0.5, 0.6) is 0 Å². The molecule has 0 saturated carbocycles. The summed E-state index contributed by atoms with van der Waals surface area (Å²) in [5, 5.41) is -0.360. The molecule has 0 aliphatic carbocycles. The third-order valence-electron chi connectivity index (χ3n) is 3.38. The summed E-state index contributed by atoms with van der Waals surface area (Å²) in [6.07, 6.45) is 1.43. The molecule has 0 atom stereocenters. The van der Waals surface area contributed by atoms with Gasteiger partial charge in [-0.1, -0.05) is 19.1 Å². The van der Waals surface area contributed by atoms with Crippen molar-refractivity contribution in [3.8, 4) is 0 Å². The van der Waals surface area contributed by atoms with Crippen molar-refractivity contribution < 1.29 is 8.42 Å². The van der Waals surface area contributed by atoms with E-state index in [2.05, 4.69) is 0 Å². The van der Waals surface area contributed by atoms with Crippen LogP contribution in [0.4, 0.5) is 0 Å². The molecule has 1 heterocycles. The Bertz CT molecular complexity index is 368. The van der Waals surface area contributed by atoms with Gasteiger partial charge in [0, 0.05) is 18.5 Å². The molecular formula is C10H20N2O2S2. The maximum Gasteiger partial charge on any atom is 0.216 e. The van der Waals surface area contributed by atoms with E-state index in [-0.39, 0.29) is 10.7 Å². The van der Waals surface area contributed by atoms with Crippen LogP contribution in [-0.4, -0.2) is 36.1 Å². The summed E-state index contributed by atoms with van der Waals surface area (Å²) in [6, 6.07) is 0. The molecule has 94 valence electrons. The van der Waals surface area contributed by atoms with Crippen LogP contribution in [0, 0.1) is 5.41 Å². The predicted molar refractivity (Wildman–Crippen MR) is 69.8 cm³/mol. The SMILES string of the molecule is CC(C)S(=O)(=O)N1CCC(C)(C(N)=S)CC1. The molecular weight excluding hydrogens is 244 g/mol. The summed E-state index contributed by atoms with van der Waals surface area (Å²) >= 11 is 5.02. The zero-order valence-corrected chi connectivity index (χ0v) is 11.7. The fourth-order valence-corrected chi connectivity index (χ4v) is 3.27. The fourth-order valence-electron chi connectivity index (χ4n) is 1.78. The van der Waals surface area contributed by atoms with Gasteiger partial charge in [0.1, 0.15) is 0 Å². The lowest BCUT2D eigenvalue weighted by molar-refractivity contribution is 0.243. The van der Waals surface area contributed by atoms with Crippen LogP contribution in [0.3, 0.4) is 0 Å². The molecule has 0 spiro atoms. The lowest BCUT2D eigenvalue weighted by Crippen LogP contribution is -2.48. The standard InChI is InChI=1S/C10H20N2O2S2/c1-8(2)16(13,14)12-6-4-10(3,5-7-12)9(11)15/h8H,4-7H2,1-3H3,(H2,11,15). The summed E-state index contributed by atoms with van der Waals surface area (Å²) in [7, 11) is -3.13. The van der Waals surface area contributed by atoms with E-state index in [0.29, 0.717) is 30.9 Å². The minimum Gasteiger partial charge on any atom is -0.393 e. The highest BCUT2D eigenvalue weighted by atomic mass is 32.2. The van der Waals surface area contributed by atoms with Gasteiger partial charge in [-0.15, -0.1) is 0 Å². The maximum absolute atomic E-state index is 11.9. The zero-order chi connectivity index (χ0) is 12.6. The maximum atomic E-state index is 11.9. The number of hydrogen-bond donors (Lipinski definition) is 1. The van der Waals surface area contributed by atoms with Gasteiger partial charge in [0.15, 0.2) is 0 Å². The van der Waals surface area contributed by atoms with Gasteiger partial charge >= 0.3 is 0 Å². The molecule has 1 aliphatic rings. The molecule has 1 rings (SSSR count). The zero-order valence-electron chi connectivity index (χ0n) is 10.1. The van der Waals surface area contributed by atoms with Crippen LogP contribution in [0.1, 0.15) is 33.6 Å². The second-order valence-electron chi connectivity index (χ2n) is 4.92. The van der Waals surface area contributed by atoms with Gasteiger partial charge in [0.2, 0.25) is 10.0 Å². The quantitative estimate of drug-likeness (QED) is 0.776. The third kappa shape index (κ3) is 2.55. The van der Waals surface area contributed by atoms with Crippen molar-refractivity contribution in [1.82, 2.24) is 4.31 Å². The molecule has 4 nitrogen and oxygen atoms in total. The highest BCUT2D eigenvalue weighted by Crippen LogP contribution is 2.32. The van der Waals surface area contributed by atoms with Crippen molar-refractivity contribution in [3.05, 3.63) is 0 Å². The average Bonchev–Trinajstić information content (AvgIpc) is 2.18. The third-order valence-corrected chi connectivity index (χ3v) is 6.15. The highest BCUT2D eigenvalue weighted by molar-refractivity contribution is 7.89. The molecule has 0 aromatic rings. The first-order valence-electron chi connectivity index (χ1n) is 5.49. The van der Waals surface area contributed by atoms with Crippen LogP contribution < -0.4 is 5.73 Å². The number of rotatable bonds is 3. The van der Waals surface area contributed by atoms with Crippen LogP contribution in [0.25, 0.3) is 0 Å². The fraction of sp³-hybridized carbons (Fsp3) is 0.900. The van der Waals surface area contributed by atoms with E-state index in [9.17, 15) is 8.42 Å². The lowest BCUT2D eigenvalue weighted by atomic mass is 9.81. The number of piperidine rings is 1. The van der Waals surface area contributed by atoms with Crippen molar-refractivity contribution in [2.75, 3.05) is 13.1 Å². The molecule has 1 aliphatic heterocycles. The van der Waals surface area contributed by atoms with E-state index in [1.165, 1.54) is 0 Å². The summed E-state index contributed by atoms with van der Waals surface area (Å²) in [6.45, 7) is 6.46. The molecule has 2 N–H and O–H groups in total. The second-order valence-corrected chi connectivity index (χ2v) is 7.85. The van der Waals surface area contributed by atoms with Crippen molar-refractivity contribution in [3.63, 3.8) is 0 Å². The van der Waals surface area contributed by atoms with Gasteiger partial charge in [0.05, 0.1) is 10.2 Å². The molecule has 6 heteroatoms. The topological polar surface area (TPSA) is 63.4 Å². The minimum atomic E-state index is -3.13. The van der Waals surface area contributed by atoms with Crippen LogP contribution in [0.15, 0.2) is 0 Å². The van der Waals surface area contributed by atoms with Crippen molar-refractivity contribution in [2.24, 2.45) is 11.1 Å². The molecule has 0 amide bonds. The first-order chi connectivity index (χ1) is 7.20. The Morgan fingerprint density at radius 3 is 2.12 bits per heavy atom. The second kappa shape index (κ2) is 4.58. The van der Waals surface area contributed by atoms with Crippen LogP contribution in [0.2, 0.25) is 0 Å². The molecule has 0 aromatic heterocycles. The normalized spacial score (nSPS) is 22.2. The Kier molecular flexibility index (Phi) is 3.97. The number of nitrogens with zero attached hydrogens (tertiary/aromatic N) is 1. The van der Waals surface area contributed by atoms with Gasteiger partial charge in [-0.2, -0.15) is 0 Å². The van der Waals surface area contributed by atoms with Gasteiger partial charge in [-0.3, -0.25) is 0 Å². The van der Waals surface area contributed by atoms with Gasteiger partial charge in [-0.05, 0) is 26.7 Å². The Balaban J connectivity index is 2.73. The average molecular weight is 264 g/mol. The highest BCUT2D eigenvalue weighted by Gasteiger charge is 2.37. The van der Waals surface area contributed by atoms with E-state index in [4.69, 9.17) is 18.0 Å². The van der Waals surface area contributed by atoms with Crippen molar-refractivity contribution >= 4 is 27.2 Å². The Morgan fingerprint density at radius 2 is 1.81 bits per heavy atom. The smallest absolute Gasteiger partial charge is 0.216 e. The molecule has 16 heavy (non-hydrogen) atoms. The molecule has 1 fully saturated rings. The summed E-state index contributed by atoms with van der Waals surface area (Å²) in [5.41, 5.74) is 5.50. The molecule has 1 saturated heterocycles. The summed E-state index contributed by atoms with van der Waals surface area (Å²) < 4.78 is 25.4. The molecule has 0 bridgehead atoms. The van der Waals surface area contributed by atoms with Gasteiger partial charge in [-0.25, -0.2) is 12.7 Å². The monoisotopic (exact) mass is 264 g/mol. The molecule has 0 radical (unpaired) electrons. The van der Waals surface area contributed by atoms with Crippen molar-refractivity contribution in [1.29, 1.82) is 0 Å². The molecule has 0 unspecified atom stereocenters. The predicted octanol–water partition coefficient (Wildman–Crippen LogP) is 1.11. The van der Waals surface area contributed by atoms with Crippen LogP contribution in [-0.2, 0) is 10.0 Å². The number of thiocarbonyl (C=S) groups is 1. The number of hydrogen-bond acceptors (Lipinski definition) is 3. The van der Waals surface area contributed by atoms with E-state index in [1.54, 1.807) is 18.2 Å². The van der Waals surface area contributed by atoms with E-state index in [0.717, 1.165) is 0 Å². The summed E-state index contributed by atoms with van der Waals surface area (Å²) in [5.74, 6) is 0. The first-order valence-corrected chi connectivity index (χ1v) is 7.40. The summed E-state index contributed by atoms with van der Waals surface area (Å²) in [4.78, 5) is 0.495. The van der Waals surface area contributed by atoms with E-state index in [1.807, 2.05) is 6.92 Å². The van der Waals surface area contributed by atoms with E-state index >= 15 is 0 Å². The Hall–Kier alpha value is -0.200. The van der Waals surface area contributed by atoms with Crippen molar-refractivity contribution in [2.45, 2.75) is 38.9 Å². The molecule has 0 aromatic carbocycles. The van der Waals surface area contributed by atoms with Crippen LogP contribution >= 0.6 is 12.2 Å². The van der Waals surface area contributed by atoms with Gasteiger partial charge in [0.25, 0.3) is 0 Å². The minimum absolute atomic E-state index is 0.182. The van der Waals surface area contributed by atoms with Gasteiger partial charge < -0.3 is 5.73 Å². The first kappa shape index (κ1) is 13.9.